The molecule has 10 heteroatoms. The van der Waals surface area contributed by atoms with E-state index in [0.717, 1.165) is 25.7 Å². The van der Waals surface area contributed by atoms with E-state index in [1.807, 2.05) is 0 Å². The molecule has 0 atom stereocenters. The van der Waals surface area contributed by atoms with Crippen molar-refractivity contribution in [2.75, 3.05) is 0 Å². The number of carbonyl (C=O) groups is 1. The number of nitrogens with zero attached hydrogens (tertiary/aromatic N) is 4. The van der Waals surface area contributed by atoms with Crippen LogP contribution in [-0.2, 0) is 9.84 Å². The fourth-order valence-corrected chi connectivity index (χ4v) is 4.67. The van der Waals surface area contributed by atoms with Crippen molar-refractivity contribution < 1.29 is 17.6 Å². The van der Waals surface area contributed by atoms with E-state index in [4.69, 9.17) is 4.42 Å². The molecule has 0 radical (unpaired) electrons. The number of aromatic nitrogens is 4. The SMILES string of the molecule is Cc1ncc(-c2ccc(S(=O)(=O)C(C)C)cc2)nc1-c1nnc(C(=O)NC2CCCC2)o1. The van der Waals surface area contributed by atoms with Crippen LogP contribution in [0.25, 0.3) is 22.8 Å². The molecule has 32 heavy (non-hydrogen) atoms. The van der Waals surface area contributed by atoms with E-state index in [-0.39, 0.29) is 28.6 Å². The minimum absolute atomic E-state index is 0.104. The first-order chi connectivity index (χ1) is 15.3. The van der Waals surface area contributed by atoms with Gasteiger partial charge in [-0.3, -0.25) is 9.78 Å². The second kappa shape index (κ2) is 8.78. The summed E-state index contributed by atoms with van der Waals surface area (Å²) in [6.07, 6.45) is 5.71. The van der Waals surface area contributed by atoms with Gasteiger partial charge in [-0.2, -0.15) is 0 Å². The van der Waals surface area contributed by atoms with Gasteiger partial charge >= 0.3 is 11.8 Å². The lowest BCUT2D eigenvalue weighted by molar-refractivity contribution is 0.0903. The third kappa shape index (κ3) is 4.40. The van der Waals surface area contributed by atoms with Crippen LogP contribution < -0.4 is 5.32 Å². The lowest BCUT2D eigenvalue weighted by atomic mass is 10.1. The molecular formula is C22H25N5O4S. The normalized spacial score (nSPS) is 14.8. The van der Waals surface area contributed by atoms with Gasteiger partial charge in [0.05, 0.1) is 27.7 Å². The first kappa shape index (κ1) is 22.1. The van der Waals surface area contributed by atoms with E-state index in [1.54, 1.807) is 51.2 Å². The molecule has 1 saturated carbocycles. The molecule has 0 saturated heterocycles. The van der Waals surface area contributed by atoms with Crippen molar-refractivity contribution in [1.29, 1.82) is 0 Å². The molecule has 2 aromatic heterocycles. The minimum Gasteiger partial charge on any atom is -0.411 e. The minimum atomic E-state index is -3.36. The Kier molecular flexibility index (Phi) is 6.05. The highest BCUT2D eigenvalue weighted by atomic mass is 32.2. The van der Waals surface area contributed by atoms with Crippen molar-refractivity contribution in [3.8, 4) is 22.8 Å². The number of hydrogen-bond acceptors (Lipinski definition) is 8. The second-order valence-corrected chi connectivity index (χ2v) is 10.7. The van der Waals surface area contributed by atoms with Crippen molar-refractivity contribution in [1.82, 2.24) is 25.5 Å². The fraction of sp³-hybridized carbons (Fsp3) is 0.409. The number of carbonyl (C=O) groups excluding carboxylic acids is 1. The maximum absolute atomic E-state index is 12.4. The van der Waals surface area contributed by atoms with Crippen LogP contribution in [0.15, 0.2) is 39.8 Å². The maximum atomic E-state index is 12.4. The van der Waals surface area contributed by atoms with E-state index in [0.29, 0.717) is 22.6 Å². The molecule has 0 aliphatic heterocycles. The van der Waals surface area contributed by atoms with Crippen molar-refractivity contribution in [3.05, 3.63) is 42.0 Å². The highest BCUT2D eigenvalue weighted by Crippen LogP contribution is 2.26. The summed E-state index contributed by atoms with van der Waals surface area (Å²) in [7, 11) is -3.36. The Labute approximate surface area is 186 Å². The predicted octanol–water partition coefficient (Wildman–Crippen LogP) is 3.36. The molecule has 9 nitrogen and oxygen atoms in total. The molecule has 168 valence electrons. The molecule has 1 aromatic carbocycles. The molecule has 1 N–H and O–H groups in total. The van der Waals surface area contributed by atoms with Gasteiger partial charge in [0.25, 0.3) is 5.89 Å². The standard InChI is InChI=1S/C22H25N5O4S/c1-13(2)32(29,30)17-10-8-15(9-11-17)18-12-23-14(3)19(25-18)21-26-27-22(31-21)20(28)24-16-6-4-5-7-16/h8-13,16H,4-7H2,1-3H3,(H,24,28). The molecule has 0 bridgehead atoms. The summed E-state index contributed by atoms with van der Waals surface area (Å²) in [6.45, 7) is 5.05. The Balaban J connectivity index is 1.58. The molecule has 3 aromatic rings. The van der Waals surface area contributed by atoms with Crippen LogP contribution in [0.2, 0.25) is 0 Å². The monoisotopic (exact) mass is 455 g/mol. The van der Waals surface area contributed by atoms with Gasteiger partial charge in [-0.25, -0.2) is 13.4 Å². The number of nitrogens with one attached hydrogen (secondary N) is 1. The van der Waals surface area contributed by atoms with Crippen LogP contribution in [-0.4, -0.2) is 45.8 Å². The Morgan fingerprint density at radius 3 is 2.47 bits per heavy atom. The van der Waals surface area contributed by atoms with Gasteiger partial charge in [-0.05, 0) is 45.7 Å². The third-order valence-electron chi connectivity index (χ3n) is 5.57. The molecular weight excluding hydrogens is 430 g/mol. The van der Waals surface area contributed by atoms with Crippen LogP contribution >= 0.6 is 0 Å². The van der Waals surface area contributed by atoms with Gasteiger partial charge in [0.15, 0.2) is 9.84 Å². The molecule has 4 rings (SSSR count). The number of amides is 1. The second-order valence-electron chi connectivity index (χ2n) is 8.17. The number of hydrogen-bond donors (Lipinski definition) is 1. The van der Waals surface area contributed by atoms with E-state index < -0.39 is 15.1 Å². The molecule has 1 aliphatic rings. The number of sulfone groups is 1. The van der Waals surface area contributed by atoms with E-state index in [1.165, 1.54) is 0 Å². The summed E-state index contributed by atoms with van der Waals surface area (Å²) >= 11 is 0. The first-order valence-electron chi connectivity index (χ1n) is 10.6. The Morgan fingerprint density at radius 1 is 1.12 bits per heavy atom. The number of rotatable bonds is 6. The van der Waals surface area contributed by atoms with E-state index in [2.05, 4.69) is 25.5 Å². The van der Waals surface area contributed by atoms with Gasteiger partial charge in [-0.1, -0.05) is 25.0 Å². The zero-order valence-electron chi connectivity index (χ0n) is 18.2. The first-order valence-corrected chi connectivity index (χ1v) is 12.1. The van der Waals surface area contributed by atoms with Crippen LogP contribution in [0.5, 0.6) is 0 Å². The van der Waals surface area contributed by atoms with Crippen molar-refractivity contribution >= 4 is 15.7 Å². The van der Waals surface area contributed by atoms with Crippen LogP contribution in [0, 0.1) is 6.92 Å². The quantitative estimate of drug-likeness (QED) is 0.599. The fourth-order valence-electron chi connectivity index (χ4n) is 3.61. The van der Waals surface area contributed by atoms with Gasteiger partial charge in [0, 0.05) is 11.6 Å². The molecule has 0 spiro atoms. The zero-order valence-corrected chi connectivity index (χ0v) is 19.0. The summed E-state index contributed by atoms with van der Waals surface area (Å²) in [5, 5.41) is 10.3. The highest BCUT2D eigenvalue weighted by Gasteiger charge is 2.23. The number of benzene rings is 1. The summed E-state index contributed by atoms with van der Waals surface area (Å²) in [5.74, 6) is -0.395. The zero-order chi connectivity index (χ0) is 22.9. The predicted molar refractivity (Wildman–Crippen MR) is 118 cm³/mol. The Morgan fingerprint density at radius 2 is 1.81 bits per heavy atom. The molecule has 1 amide bonds. The third-order valence-corrected chi connectivity index (χ3v) is 7.74. The lowest BCUT2D eigenvalue weighted by Gasteiger charge is -2.09. The summed E-state index contributed by atoms with van der Waals surface area (Å²) in [6, 6.07) is 6.64. The lowest BCUT2D eigenvalue weighted by Crippen LogP contribution is -2.32. The topological polar surface area (TPSA) is 128 Å². The maximum Gasteiger partial charge on any atom is 0.309 e. The molecule has 1 aliphatic carbocycles. The van der Waals surface area contributed by atoms with Gasteiger partial charge in [0.1, 0.15) is 5.69 Å². The Hall–Kier alpha value is -3.14. The van der Waals surface area contributed by atoms with Gasteiger partial charge in [-0.15, -0.1) is 10.2 Å². The Bertz CT molecular complexity index is 1230. The summed E-state index contributed by atoms with van der Waals surface area (Å²) < 4.78 is 30.3. The smallest absolute Gasteiger partial charge is 0.309 e. The van der Waals surface area contributed by atoms with Crippen molar-refractivity contribution in [2.24, 2.45) is 0 Å². The van der Waals surface area contributed by atoms with E-state index >= 15 is 0 Å². The van der Waals surface area contributed by atoms with Crippen molar-refractivity contribution in [2.45, 2.75) is 62.6 Å². The van der Waals surface area contributed by atoms with Gasteiger partial charge in [0.2, 0.25) is 0 Å². The summed E-state index contributed by atoms with van der Waals surface area (Å²) in [5.41, 5.74) is 2.15. The molecule has 0 unspecified atom stereocenters. The van der Waals surface area contributed by atoms with Crippen molar-refractivity contribution in [3.63, 3.8) is 0 Å². The highest BCUT2D eigenvalue weighted by molar-refractivity contribution is 7.92. The molecule has 2 heterocycles. The van der Waals surface area contributed by atoms with Crippen LogP contribution in [0.1, 0.15) is 55.9 Å². The van der Waals surface area contributed by atoms with Gasteiger partial charge < -0.3 is 9.73 Å². The van der Waals surface area contributed by atoms with E-state index in [9.17, 15) is 13.2 Å². The number of aryl methyl sites for hydroxylation is 1. The largest absolute Gasteiger partial charge is 0.411 e. The summed E-state index contributed by atoms with van der Waals surface area (Å²) in [4.78, 5) is 21.6. The van der Waals surface area contributed by atoms with Crippen LogP contribution in [0.4, 0.5) is 0 Å². The average Bonchev–Trinajstić information content (AvgIpc) is 3.46. The van der Waals surface area contributed by atoms with Crippen LogP contribution in [0.3, 0.4) is 0 Å². The molecule has 1 fully saturated rings. The average molecular weight is 456 g/mol.